The van der Waals surface area contributed by atoms with E-state index in [2.05, 4.69) is 21.2 Å². The van der Waals surface area contributed by atoms with Gasteiger partial charge >= 0.3 is 12.0 Å². The number of carboxylic acids is 1. The minimum absolute atomic E-state index is 0.0882. The molecule has 2 amide bonds. The van der Waals surface area contributed by atoms with E-state index < -0.39 is 17.8 Å². The first-order valence-corrected chi connectivity index (χ1v) is 8.24. The average molecular weight is 377 g/mol. The molecule has 0 aliphatic carbocycles. The summed E-state index contributed by atoms with van der Waals surface area (Å²) in [7, 11) is 0. The van der Waals surface area contributed by atoms with Crippen molar-refractivity contribution in [2.24, 2.45) is 0 Å². The summed E-state index contributed by atoms with van der Waals surface area (Å²) >= 11 is 4.67. The fraction of sp³-hybridized carbons (Fsp3) is 0.385. The van der Waals surface area contributed by atoms with Crippen molar-refractivity contribution in [3.63, 3.8) is 0 Å². The molecule has 0 saturated carbocycles. The Balaban J connectivity index is 2.06. The number of carboxylic acid groups (broad SMARTS) is 1. The van der Waals surface area contributed by atoms with Crippen LogP contribution in [0, 0.1) is 5.82 Å². The average Bonchev–Trinajstić information content (AvgIpc) is 2.43. The number of anilines is 1. The van der Waals surface area contributed by atoms with Crippen molar-refractivity contribution < 1.29 is 19.1 Å². The Bertz CT molecular complexity index is 558. The third-order valence-electron chi connectivity index (χ3n) is 3.07. The first kappa shape index (κ1) is 16.1. The van der Waals surface area contributed by atoms with Crippen LogP contribution in [0.3, 0.4) is 0 Å². The number of benzene rings is 1. The van der Waals surface area contributed by atoms with Gasteiger partial charge in [-0.3, -0.25) is 4.79 Å². The van der Waals surface area contributed by atoms with E-state index in [1.54, 1.807) is 17.8 Å². The number of thioether (sulfide) groups is 1. The molecule has 1 aliphatic heterocycles. The smallest absolute Gasteiger partial charge is 0.322 e. The van der Waals surface area contributed by atoms with E-state index >= 15 is 0 Å². The Morgan fingerprint density at radius 2 is 2.29 bits per heavy atom. The van der Waals surface area contributed by atoms with Gasteiger partial charge < -0.3 is 15.3 Å². The van der Waals surface area contributed by atoms with Crippen LogP contribution in [0.25, 0.3) is 0 Å². The normalized spacial score (nSPS) is 18.4. The Labute approximate surface area is 134 Å². The van der Waals surface area contributed by atoms with Gasteiger partial charge in [0.2, 0.25) is 0 Å². The van der Waals surface area contributed by atoms with Gasteiger partial charge in [-0.25, -0.2) is 9.18 Å². The van der Waals surface area contributed by atoms with E-state index in [0.717, 1.165) is 5.75 Å². The molecule has 0 bridgehead atoms. The number of nitrogens with zero attached hydrogens (tertiary/aromatic N) is 1. The lowest BCUT2D eigenvalue weighted by Crippen LogP contribution is -2.48. The molecule has 5 nitrogen and oxygen atoms in total. The van der Waals surface area contributed by atoms with Gasteiger partial charge in [0.15, 0.2) is 0 Å². The van der Waals surface area contributed by atoms with Crippen molar-refractivity contribution in [1.29, 1.82) is 0 Å². The molecule has 1 saturated heterocycles. The maximum Gasteiger partial charge on any atom is 0.322 e. The first-order chi connectivity index (χ1) is 9.97. The number of hydrogen-bond acceptors (Lipinski definition) is 3. The summed E-state index contributed by atoms with van der Waals surface area (Å²) in [6.07, 6.45) is -0.0882. The Morgan fingerprint density at radius 1 is 1.52 bits per heavy atom. The number of aliphatic carboxylic acids is 1. The molecule has 8 heteroatoms. The van der Waals surface area contributed by atoms with Gasteiger partial charge in [0.05, 0.1) is 16.9 Å². The number of urea groups is 1. The fourth-order valence-corrected chi connectivity index (χ4v) is 3.37. The SMILES string of the molecule is O=C(O)CC1CSCCN1C(=O)Nc1ccc(Br)c(F)c1. The van der Waals surface area contributed by atoms with Crippen molar-refractivity contribution in [1.82, 2.24) is 4.90 Å². The van der Waals surface area contributed by atoms with Gasteiger partial charge in [-0.2, -0.15) is 11.8 Å². The van der Waals surface area contributed by atoms with Crippen molar-refractivity contribution in [3.8, 4) is 0 Å². The number of amides is 2. The van der Waals surface area contributed by atoms with Gasteiger partial charge in [0.25, 0.3) is 0 Å². The summed E-state index contributed by atoms with van der Waals surface area (Å²) in [4.78, 5) is 24.6. The first-order valence-electron chi connectivity index (χ1n) is 6.29. The largest absolute Gasteiger partial charge is 0.481 e. The monoisotopic (exact) mass is 376 g/mol. The highest BCUT2D eigenvalue weighted by molar-refractivity contribution is 9.10. The molecule has 1 atom stereocenters. The molecule has 1 unspecified atom stereocenters. The fourth-order valence-electron chi connectivity index (χ4n) is 2.06. The molecule has 114 valence electrons. The lowest BCUT2D eigenvalue weighted by Gasteiger charge is -2.34. The Morgan fingerprint density at radius 3 is 2.95 bits per heavy atom. The zero-order valence-corrected chi connectivity index (χ0v) is 13.4. The van der Waals surface area contributed by atoms with Gasteiger partial charge in [0, 0.05) is 23.7 Å². The summed E-state index contributed by atoms with van der Waals surface area (Å²) in [5.41, 5.74) is 0.341. The molecular formula is C13H14BrFN2O3S. The summed E-state index contributed by atoms with van der Waals surface area (Å²) in [6, 6.07) is 3.55. The van der Waals surface area contributed by atoms with Crippen LogP contribution in [-0.4, -0.2) is 46.1 Å². The molecule has 2 rings (SSSR count). The van der Waals surface area contributed by atoms with Crippen LogP contribution in [0.2, 0.25) is 0 Å². The quantitative estimate of drug-likeness (QED) is 0.850. The summed E-state index contributed by atoms with van der Waals surface area (Å²) in [5.74, 6) is -0.0498. The lowest BCUT2D eigenvalue weighted by molar-refractivity contribution is -0.137. The van der Waals surface area contributed by atoms with Gasteiger partial charge in [-0.05, 0) is 34.1 Å². The molecule has 21 heavy (non-hydrogen) atoms. The molecule has 1 aromatic carbocycles. The van der Waals surface area contributed by atoms with Crippen LogP contribution < -0.4 is 5.32 Å². The highest BCUT2D eigenvalue weighted by Gasteiger charge is 2.28. The Hall–Kier alpha value is -1.28. The molecule has 0 aromatic heterocycles. The van der Waals surface area contributed by atoms with Gasteiger partial charge in [0.1, 0.15) is 5.82 Å². The molecule has 1 aromatic rings. The van der Waals surface area contributed by atoms with Crippen molar-refractivity contribution in [3.05, 3.63) is 28.5 Å². The number of halogens is 2. The van der Waals surface area contributed by atoms with Crippen LogP contribution in [0.1, 0.15) is 6.42 Å². The van der Waals surface area contributed by atoms with E-state index in [0.29, 0.717) is 22.5 Å². The summed E-state index contributed by atoms with van der Waals surface area (Å²) in [6.45, 7) is 0.480. The summed E-state index contributed by atoms with van der Waals surface area (Å²) in [5, 5.41) is 11.5. The topological polar surface area (TPSA) is 69.6 Å². The highest BCUT2D eigenvalue weighted by atomic mass is 79.9. The van der Waals surface area contributed by atoms with Crippen LogP contribution >= 0.6 is 27.7 Å². The zero-order valence-electron chi connectivity index (χ0n) is 11.0. The third kappa shape index (κ3) is 4.34. The Kier molecular flexibility index (Phi) is 5.46. The molecule has 1 aliphatic rings. The molecule has 1 fully saturated rings. The predicted molar refractivity (Wildman–Crippen MR) is 83.2 cm³/mol. The maximum absolute atomic E-state index is 13.4. The molecule has 0 radical (unpaired) electrons. The number of carbonyl (C=O) groups is 2. The van der Waals surface area contributed by atoms with Gasteiger partial charge in [-0.1, -0.05) is 0 Å². The van der Waals surface area contributed by atoms with Crippen LogP contribution in [0.4, 0.5) is 14.9 Å². The zero-order chi connectivity index (χ0) is 15.4. The number of carbonyl (C=O) groups excluding carboxylic acids is 1. The second kappa shape index (κ2) is 7.13. The maximum atomic E-state index is 13.4. The van der Waals surface area contributed by atoms with E-state index in [1.165, 1.54) is 17.0 Å². The second-order valence-corrected chi connectivity index (χ2v) is 6.58. The lowest BCUT2D eigenvalue weighted by atomic mass is 10.2. The molecular weight excluding hydrogens is 363 g/mol. The number of nitrogens with one attached hydrogen (secondary N) is 1. The van der Waals surface area contributed by atoms with E-state index in [1.807, 2.05) is 0 Å². The van der Waals surface area contributed by atoms with Crippen molar-refractivity contribution in [2.75, 3.05) is 23.4 Å². The third-order valence-corrected chi connectivity index (χ3v) is 4.80. The minimum Gasteiger partial charge on any atom is -0.481 e. The molecule has 2 N–H and O–H groups in total. The van der Waals surface area contributed by atoms with Crippen LogP contribution in [0.5, 0.6) is 0 Å². The van der Waals surface area contributed by atoms with Gasteiger partial charge in [-0.15, -0.1) is 0 Å². The highest BCUT2D eigenvalue weighted by Crippen LogP contribution is 2.22. The minimum atomic E-state index is -0.935. The predicted octanol–water partition coefficient (Wildman–Crippen LogP) is 3.01. The number of hydrogen-bond donors (Lipinski definition) is 2. The summed E-state index contributed by atoms with van der Waals surface area (Å²) < 4.78 is 13.7. The van der Waals surface area contributed by atoms with Crippen LogP contribution in [0.15, 0.2) is 22.7 Å². The number of rotatable bonds is 3. The second-order valence-electron chi connectivity index (χ2n) is 4.58. The standard InChI is InChI=1S/C13H14BrFN2O3S/c14-10-2-1-8(5-11(10)15)16-13(20)17-3-4-21-7-9(17)6-12(18)19/h1-2,5,9H,3-4,6-7H2,(H,16,20)(H,18,19). The van der Waals surface area contributed by atoms with E-state index in [-0.39, 0.29) is 12.5 Å². The van der Waals surface area contributed by atoms with E-state index in [4.69, 9.17) is 5.11 Å². The molecule has 0 spiro atoms. The van der Waals surface area contributed by atoms with E-state index in [9.17, 15) is 14.0 Å². The van der Waals surface area contributed by atoms with Crippen LogP contribution in [-0.2, 0) is 4.79 Å². The van der Waals surface area contributed by atoms with Crippen molar-refractivity contribution in [2.45, 2.75) is 12.5 Å². The molecule has 1 heterocycles. The van der Waals surface area contributed by atoms with Crippen molar-refractivity contribution >= 4 is 45.4 Å².